The quantitative estimate of drug-likeness (QED) is 0.368. The molecule has 0 saturated carbocycles. The highest BCUT2D eigenvalue weighted by atomic mass is 35.5. The van der Waals surface area contributed by atoms with Crippen molar-refractivity contribution in [2.24, 2.45) is 0 Å². The Hall–Kier alpha value is -1.54. The van der Waals surface area contributed by atoms with Gasteiger partial charge in [0.1, 0.15) is 0 Å². The number of hydrogen-bond acceptors (Lipinski definition) is 3. The van der Waals surface area contributed by atoms with Crippen molar-refractivity contribution in [2.45, 2.75) is 52.6 Å². The van der Waals surface area contributed by atoms with Gasteiger partial charge in [-0.05, 0) is 55.0 Å². The first-order valence-corrected chi connectivity index (χ1v) is 11.1. The van der Waals surface area contributed by atoms with E-state index in [0.29, 0.717) is 5.56 Å². The number of Topliss-reactive ketones (excluding diaryl/α,β-unsaturated/α-hetero) is 1. The van der Waals surface area contributed by atoms with Crippen molar-refractivity contribution < 1.29 is 14.2 Å². The minimum atomic E-state index is -2.49. The molecule has 2 rings (SSSR count). The molecule has 0 N–H and O–H groups in total. The van der Waals surface area contributed by atoms with Crippen molar-refractivity contribution in [3.05, 3.63) is 68.2 Å². The molecule has 0 aliphatic carbocycles. The third-order valence-electron chi connectivity index (χ3n) is 4.75. The van der Waals surface area contributed by atoms with Gasteiger partial charge in [0.2, 0.25) is 11.4 Å². The summed E-state index contributed by atoms with van der Waals surface area (Å²) in [6.07, 6.45) is 0. The molecule has 0 radical (unpaired) electrons. The fraction of sp³-hybridized carbons (Fsp3) is 0.364. The Kier molecular flexibility index (Phi) is 6.86. The number of rotatable bonds is 5. The van der Waals surface area contributed by atoms with Gasteiger partial charge in [0, 0.05) is 0 Å². The Labute approximate surface area is 177 Å². The van der Waals surface area contributed by atoms with E-state index in [1.165, 1.54) is 6.92 Å². The van der Waals surface area contributed by atoms with E-state index in [1.54, 1.807) is 18.2 Å². The highest BCUT2D eigenvalue weighted by Crippen LogP contribution is 2.39. The summed E-state index contributed by atoms with van der Waals surface area (Å²) < 4.78 is 13.0. The Morgan fingerprint density at radius 3 is 1.86 bits per heavy atom. The van der Waals surface area contributed by atoms with Gasteiger partial charge >= 0.3 is 13.3 Å². The number of halogens is 2. The summed E-state index contributed by atoms with van der Waals surface area (Å²) in [5, 5.41) is 0.365. The number of benzene rings is 2. The lowest BCUT2D eigenvalue weighted by Gasteiger charge is -2.21. The van der Waals surface area contributed by atoms with Gasteiger partial charge in [-0.3, -0.25) is 4.79 Å². The molecule has 2 atom stereocenters. The van der Waals surface area contributed by atoms with Crippen molar-refractivity contribution >= 4 is 42.3 Å². The van der Waals surface area contributed by atoms with Crippen LogP contribution < -0.4 is 0 Å². The molecule has 0 aromatic heterocycles. The summed E-state index contributed by atoms with van der Waals surface area (Å²) in [4.78, 5) is 25.8. The molecule has 0 aliphatic rings. The SMILES string of the molecule is Cc1cc(C(C)(C)C)cc(C)c1C(=O)[P+](=O)C(C)C(=O)c1c(Cl)cccc1Cl. The summed E-state index contributed by atoms with van der Waals surface area (Å²) in [6.45, 7) is 11.4. The zero-order valence-electron chi connectivity index (χ0n) is 16.9. The average Bonchev–Trinajstić information content (AvgIpc) is 2.58. The van der Waals surface area contributed by atoms with E-state index in [9.17, 15) is 14.2 Å². The van der Waals surface area contributed by atoms with Gasteiger partial charge in [-0.1, -0.05) is 66.7 Å². The molecule has 0 bridgehead atoms. The maximum atomic E-state index is 13.0. The highest BCUT2D eigenvalue weighted by molar-refractivity contribution is 7.66. The van der Waals surface area contributed by atoms with E-state index in [0.717, 1.165) is 16.7 Å². The van der Waals surface area contributed by atoms with Gasteiger partial charge in [-0.25, -0.2) is 4.79 Å². The van der Waals surface area contributed by atoms with Crippen molar-refractivity contribution in [1.82, 2.24) is 0 Å². The second-order valence-electron chi connectivity index (χ2n) is 8.00. The van der Waals surface area contributed by atoms with Crippen LogP contribution in [0.1, 0.15) is 65.1 Å². The molecule has 0 fully saturated rings. The van der Waals surface area contributed by atoms with Crippen LogP contribution in [0.5, 0.6) is 0 Å². The fourth-order valence-corrected chi connectivity index (χ4v) is 4.92. The smallest absolute Gasteiger partial charge is 0.289 e. The van der Waals surface area contributed by atoms with E-state index in [2.05, 4.69) is 20.8 Å². The molecule has 0 spiro atoms. The average molecular weight is 438 g/mol. The molecule has 3 nitrogen and oxygen atoms in total. The fourth-order valence-electron chi connectivity index (χ4n) is 3.07. The van der Waals surface area contributed by atoms with Crippen LogP contribution in [-0.4, -0.2) is 17.0 Å². The second-order valence-corrected chi connectivity index (χ2v) is 10.6. The van der Waals surface area contributed by atoms with Crippen molar-refractivity contribution in [2.75, 3.05) is 0 Å². The third kappa shape index (κ3) is 4.54. The van der Waals surface area contributed by atoms with Crippen LogP contribution >= 0.6 is 31.0 Å². The van der Waals surface area contributed by atoms with Crippen LogP contribution in [-0.2, 0) is 9.98 Å². The van der Waals surface area contributed by atoms with E-state index in [-0.39, 0.29) is 21.0 Å². The molecule has 6 heteroatoms. The first-order chi connectivity index (χ1) is 12.9. The summed E-state index contributed by atoms with van der Waals surface area (Å²) in [5.74, 6) is -0.494. The molecule has 2 aromatic rings. The molecular weight excluding hydrogens is 414 g/mol. The predicted octanol–water partition coefficient (Wildman–Crippen LogP) is 7.15. The van der Waals surface area contributed by atoms with Gasteiger partial charge in [0.05, 0.1) is 21.2 Å². The van der Waals surface area contributed by atoms with Crippen molar-refractivity contribution in [3.8, 4) is 0 Å². The minimum absolute atomic E-state index is 0.0661. The van der Waals surface area contributed by atoms with Crippen LogP contribution in [0, 0.1) is 13.8 Å². The van der Waals surface area contributed by atoms with E-state index in [1.807, 2.05) is 26.0 Å². The summed E-state index contributed by atoms with van der Waals surface area (Å²) in [6, 6.07) is 8.60. The maximum Gasteiger partial charge on any atom is 0.431 e. The lowest BCUT2D eigenvalue weighted by Crippen LogP contribution is -2.18. The summed E-state index contributed by atoms with van der Waals surface area (Å²) >= 11 is 12.2. The number of carbonyl (C=O) groups is 2. The largest absolute Gasteiger partial charge is 0.431 e. The number of carbonyl (C=O) groups excluding carboxylic acids is 2. The van der Waals surface area contributed by atoms with Gasteiger partial charge in [0.15, 0.2) is 0 Å². The van der Waals surface area contributed by atoms with E-state index in [4.69, 9.17) is 23.2 Å². The molecule has 2 unspecified atom stereocenters. The Balaban J connectivity index is 2.40. The summed E-state index contributed by atoms with van der Waals surface area (Å²) in [7, 11) is -2.49. The van der Waals surface area contributed by atoms with Crippen LogP contribution in [0.15, 0.2) is 30.3 Å². The Bertz CT molecular complexity index is 931. The predicted molar refractivity (Wildman–Crippen MR) is 117 cm³/mol. The molecule has 0 amide bonds. The van der Waals surface area contributed by atoms with Crippen LogP contribution in [0.3, 0.4) is 0 Å². The normalized spacial score (nSPS) is 13.2. The number of hydrogen-bond donors (Lipinski definition) is 0. The molecule has 2 aromatic carbocycles. The Morgan fingerprint density at radius 1 is 0.964 bits per heavy atom. The molecule has 0 aliphatic heterocycles. The monoisotopic (exact) mass is 437 g/mol. The molecule has 148 valence electrons. The van der Waals surface area contributed by atoms with Gasteiger partial charge in [0.25, 0.3) is 0 Å². The second kappa shape index (κ2) is 8.45. The molecule has 28 heavy (non-hydrogen) atoms. The lowest BCUT2D eigenvalue weighted by molar-refractivity contribution is 0.0982. The maximum absolute atomic E-state index is 13.0. The first kappa shape index (κ1) is 22.7. The summed E-state index contributed by atoms with van der Waals surface area (Å²) in [5.41, 5.74) is 1.52. The minimum Gasteiger partial charge on any atom is -0.289 e. The zero-order valence-corrected chi connectivity index (χ0v) is 19.3. The van der Waals surface area contributed by atoms with Crippen LogP contribution in [0.25, 0.3) is 0 Å². The zero-order chi connectivity index (χ0) is 21.4. The highest BCUT2D eigenvalue weighted by Gasteiger charge is 2.43. The Morgan fingerprint density at radius 2 is 1.43 bits per heavy atom. The lowest BCUT2D eigenvalue weighted by atomic mass is 9.84. The topological polar surface area (TPSA) is 51.2 Å². The van der Waals surface area contributed by atoms with Gasteiger partial charge in [-0.15, -0.1) is 0 Å². The first-order valence-electron chi connectivity index (χ1n) is 8.97. The molecule has 0 heterocycles. The number of aryl methyl sites for hydroxylation is 2. The van der Waals surface area contributed by atoms with Crippen LogP contribution in [0.4, 0.5) is 0 Å². The standard InChI is InChI=1S/C22H24Cl2O3P/c1-12-10-15(22(4,5)6)11-13(2)18(12)21(26)28(27)14(3)20(25)19-16(23)8-7-9-17(19)24/h7-11,14H,1-6H3/q+1. The van der Waals surface area contributed by atoms with E-state index < -0.39 is 24.8 Å². The third-order valence-corrected chi connectivity index (χ3v) is 6.95. The number of ketones is 1. The van der Waals surface area contributed by atoms with E-state index >= 15 is 0 Å². The van der Waals surface area contributed by atoms with Gasteiger partial charge < -0.3 is 0 Å². The van der Waals surface area contributed by atoms with Crippen LogP contribution in [0.2, 0.25) is 10.0 Å². The van der Waals surface area contributed by atoms with Gasteiger partial charge in [-0.2, -0.15) is 0 Å². The van der Waals surface area contributed by atoms with Crippen molar-refractivity contribution in [1.29, 1.82) is 0 Å². The molecule has 0 saturated heterocycles. The van der Waals surface area contributed by atoms with Crippen molar-refractivity contribution in [3.63, 3.8) is 0 Å². The molecular formula is C22H24Cl2O3P+.